The number of fused-ring (bicyclic) bond motifs is 1. The molecule has 2 heterocycles. The van der Waals surface area contributed by atoms with Crippen molar-refractivity contribution in [1.82, 2.24) is 19.5 Å². The second-order valence-corrected chi connectivity index (χ2v) is 7.68. The average Bonchev–Trinajstić information content (AvgIpc) is 2.88. The minimum atomic E-state index is -0.706. The van der Waals surface area contributed by atoms with Gasteiger partial charge in [-0.25, -0.2) is 14.8 Å². The SMILES string of the molecule is CC(C)n1c(=O)[nH]c2c(C(N)=O)nc(-c3ccc(C(C)(C)C)cc3)nc21. The van der Waals surface area contributed by atoms with Crippen LogP contribution in [0.5, 0.6) is 0 Å². The van der Waals surface area contributed by atoms with Gasteiger partial charge in [0.15, 0.2) is 17.2 Å². The third-order valence-electron chi connectivity index (χ3n) is 4.33. The van der Waals surface area contributed by atoms with E-state index in [2.05, 4.69) is 35.7 Å². The van der Waals surface area contributed by atoms with Crippen molar-refractivity contribution in [2.75, 3.05) is 0 Å². The second kappa shape index (κ2) is 6.09. The van der Waals surface area contributed by atoms with Gasteiger partial charge in [-0.2, -0.15) is 0 Å². The minimum Gasteiger partial charge on any atom is -0.364 e. The van der Waals surface area contributed by atoms with Crippen molar-refractivity contribution in [2.45, 2.75) is 46.1 Å². The third kappa shape index (κ3) is 3.00. The summed E-state index contributed by atoms with van der Waals surface area (Å²) in [5, 5.41) is 0. The summed E-state index contributed by atoms with van der Waals surface area (Å²) in [5.74, 6) is -0.345. The average molecular weight is 353 g/mol. The summed E-state index contributed by atoms with van der Waals surface area (Å²) in [6.45, 7) is 10.2. The van der Waals surface area contributed by atoms with Gasteiger partial charge in [-0.05, 0) is 24.8 Å². The van der Waals surface area contributed by atoms with Gasteiger partial charge in [0.05, 0.1) is 0 Å². The first-order valence-electron chi connectivity index (χ1n) is 8.52. The highest BCUT2D eigenvalue weighted by molar-refractivity contribution is 6.01. The monoisotopic (exact) mass is 353 g/mol. The van der Waals surface area contributed by atoms with E-state index in [0.717, 1.165) is 5.56 Å². The van der Waals surface area contributed by atoms with Crippen LogP contribution in [0.25, 0.3) is 22.6 Å². The number of carbonyl (C=O) groups is 1. The maximum atomic E-state index is 12.2. The predicted octanol–water partition coefficient (Wildman–Crippen LogP) is 2.76. The summed E-state index contributed by atoms with van der Waals surface area (Å²) in [4.78, 5) is 35.6. The molecule has 1 aromatic carbocycles. The number of primary amides is 1. The molecule has 3 N–H and O–H groups in total. The number of hydrogen-bond donors (Lipinski definition) is 2. The Hall–Kier alpha value is -2.96. The molecule has 26 heavy (non-hydrogen) atoms. The fourth-order valence-electron chi connectivity index (χ4n) is 2.91. The smallest absolute Gasteiger partial charge is 0.327 e. The van der Waals surface area contributed by atoms with Crippen molar-refractivity contribution >= 4 is 17.1 Å². The molecule has 0 spiro atoms. The molecule has 7 heteroatoms. The van der Waals surface area contributed by atoms with E-state index in [0.29, 0.717) is 11.5 Å². The Morgan fingerprint density at radius 2 is 1.77 bits per heavy atom. The Kier molecular flexibility index (Phi) is 4.18. The lowest BCUT2D eigenvalue weighted by atomic mass is 9.87. The number of aromatic nitrogens is 4. The van der Waals surface area contributed by atoms with Gasteiger partial charge >= 0.3 is 5.69 Å². The summed E-state index contributed by atoms with van der Waals surface area (Å²) < 4.78 is 1.50. The van der Waals surface area contributed by atoms with Crippen LogP contribution in [0, 0.1) is 0 Å². The van der Waals surface area contributed by atoms with Gasteiger partial charge in [-0.1, -0.05) is 45.0 Å². The number of benzene rings is 1. The molecule has 0 atom stereocenters. The van der Waals surface area contributed by atoms with Crippen LogP contribution < -0.4 is 11.4 Å². The van der Waals surface area contributed by atoms with Crippen LogP contribution in [-0.4, -0.2) is 25.4 Å². The Morgan fingerprint density at radius 1 is 1.15 bits per heavy atom. The largest absolute Gasteiger partial charge is 0.364 e. The van der Waals surface area contributed by atoms with Crippen LogP contribution in [-0.2, 0) is 5.41 Å². The lowest BCUT2D eigenvalue weighted by Gasteiger charge is -2.19. The number of amides is 1. The molecule has 0 fully saturated rings. The van der Waals surface area contributed by atoms with Gasteiger partial charge < -0.3 is 10.7 Å². The highest BCUT2D eigenvalue weighted by Gasteiger charge is 2.21. The lowest BCUT2D eigenvalue weighted by molar-refractivity contribution is 0.0997. The third-order valence-corrected chi connectivity index (χ3v) is 4.33. The topological polar surface area (TPSA) is 107 Å². The van der Waals surface area contributed by atoms with Crippen LogP contribution in [0.4, 0.5) is 0 Å². The summed E-state index contributed by atoms with van der Waals surface area (Å²) in [6.07, 6.45) is 0. The Balaban J connectivity index is 2.25. The quantitative estimate of drug-likeness (QED) is 0.755. The van der Waals surface area contributed by atoms with Gasteiger partial charge in [-0.15, -0.1) is 0 Å². The van der Waals surface area contributed by atoms with Gasteiger partial charge in [0.2, 0.25) is 0 Å². The van der Waals surface area contributed by atoms with Gasteiger partial charge in [0, 0.05) is 11.6 Å². The fourth-order valence-corrected chi connectivity index (χ4v) is 2.91. The number of H-pyrrole nitrogens is 1. The molecule has 3 aromatic rings. The molecule has 0 aliphatic carbocycles. The molecule has 0 saturated heterocycles. The van der Waals surface area contributed by atoms with E-state index in [1.54, 1.807) is 0 Å². The first-order valence-corrected chi connectivity index (χ1v) is 8.52. The number of nitrogens with two attached hydrogens (primary N) is 1. The summed E-state index contributed by atoms with van der Waals surface area (Å²) in [6, 6.07) is 7.73. The standard InChI is InChI=1S/C19H23N5O2/c1-10(2)24-17-14(22-18(24)26)13(15(20)25)21-16(23-17)11-6-8-12(9-7-11)19(3,4)5/h6-10H,1-5H3,(H2,20,25)(H,22,26). The highest BCUT2D eigenvalue weighted by Crippen LogP contribution is 2.26. The Bertz CT molecular complexity index is 1040. The minimum absolute atomic E-state index is 0.0152. The van der Waals surface area contributed by atoms with Crippen molar-refractivity contribution in [1.29, 1.82) is 0 Å². The Morgan fingerprint density at radius 3 is 2.27 bits per heavy atom. The van der Waals surface area contributed by atoms with E-state index in [9.17, 15) is 9.59 Å². The molecular weight excluding hydrogens is 330 g/mol. The molecule has 0 radical (unpaired) electrons. The molecule has 1 amide bonds. The first-order chi connectivity index (χ1) is 12.1. The molecule has 0 saturated carbocycles. The molecule has 3 rings (SSSR count). The number of hydrogen-bond acceptors (Lipinski definition) is 4. The molecule has 0 unspecified atom stereocenters. The van der Waals surface area contributed by atoms with E-state index in [1.165, 1.54) is 10.1 Å². The maximum Gasteiger partial charge on any atom is 0.327 e. The van der Waals surface area contributed by atoms with Crippen LogP contribution in [0.15, 0.2) is 29.1 Å². The predicted molar refractivity (Wildman–Crippen MR) is 101 cm³/mol. The number of rotatable bonds is 3. The summed E-state index contributed by atoms with van der Waals surface area (Å²) in [7, 11) is 0. The van der Waals surface area contributed by atoms with Crippen molar-refractivity contribution in [2.24, 2.45) is 5.73 Å². The highest BCUT2D eigenvalue weighted by atomic mass is 16.2. The van der Waals surface area contributed by atoms with Crippen molar-refractivity contribution in [3.8, 4) is 11.4 Å². The van der Waals surface area contributed by atoms with Crippen molar-refractivity contribution in [3.63, 3.8) is 0 Å². The molecule has 0 aliphatic rings. The zero-order valence-electron chi connectivity index (χ0n) is 15.6. The number of carbonyl (C=O) groups excluding carboxylic acids is 1. The first kappa shape index (κ1) is 17.8. The molecular formula is C19H23N5O2. The molecule has 136 valence electrons. The molecule has 0 bridgehead atoms. The van der Waals surface area contributed by atoms with Crippen LogP contribution in [0.1, 0.15) is 56.7 Å². The fraction of sp³-hybridized carbons (Fsp3) is 0.368. The number of nitrogens with zero attached hydrogens (tertiary/aromatic N) is 3. The number of imidazole rings is 1. The van der Waals surface area contributed by atoms with Gasteiger partial charge in [-0.3, -0.25) is 9.36 Å². The zero-order chi connectivity index (χ0) is 19.2. The lowest BCUT2D eigenvalue weighted by Crippen LogP contribution is -2.18. The second-order valence-electron chi connectivity index (χ2n) is 7.68. The van der Waals surface area contributed by atoms with Crippen LogP contribution >= 0.6 is 0 Å². The van der Waals surface area contributed by atoms with Crippen LogP contribution in [0.3, 0.4) is 0 Å². The van der Waals surface area contributed by atoms with Crippen LogP contribution in [0.2, 0.25) is 0 Å². The molecule has 2 aromatic heterocycles. The molecule has 0 aliphatic heterocycles. The number of aromatic amines is 1. The maximum absolute atomic E-state index is 12.2. The van der Waals surface area contributed by atoms with Gasteiger partial charge in [0.1, 0.15) is 5.52 Å². The number of nitrogens with one attached hydrogen (secondary N) is 1. The summed E-state index contributed by atoms with van der Waals surface area (Å²) >= 11 is 0. The van der Waals surface area contributed by atoms with Crippen molar-refractivity contribution < 1.29 is 4.79 Å². The Labute approximate surface area is 151 Å². The normalized spacial score (nSPS) is 12.1. The van der Waals surface area contributed by atoms with E-state index >= 15 is 0 Å². The van der Waals surface area contributed by atoms with E-state index in [-0.39, 0.29) is 28.4 Å². The van der Waals surface area contributed by atoms with Gasteiger partial charge in [0.25, 0.3) is 5.91 Å². The van der Waals surface area contributed by atoms with Crippen molar-refractivity contribution in [3.05, 3.63) is 46.0 Å². The van der Waals surface area contributed by atoms with E-state index in [4.69, 9.17) is 5.73 Å². The zero-order valence-corrected chi connectivity index (χ0v) is 15.6. The van der Waals surface area contributed by atoms with E-state index < -0.39 is 5.91 Å². The van der Waals surface area contributed by atoms with E-state index in [1.807, 2.05) is 38.1 Å². The summed E-state index contributed by atoms with van der Waals surface area (Å²) in [5.41, 5.74) is 7.77. The molecule has 7 nitrogen and oxygen atoms in total.